The average Bonchev–Trinajstić information content (AvgIpc) is 2.53. The predicted octanol–water partition coefficient (Wildman–Crippen LogP) is 2.82. The molecule has 1 aromatic heterocycles. The molecule has 7 heteroatoms. The number of nitrogens with one attached hydrogen (secondary N) is 1. The number of rotatable bonds is 6. The second-order valence-corrected chi connectivity index (χ2v) is 4.74. The number of pyridine rings is 1. The second kappa shape index (κ2) is 7.63. The zero-order chi connectivity index (χ0) is 15.9. The fourth-order valence-corrected chi connectivity index (χ4v) is 1.95. The number of carbonyl (C=O) groups excluding carboxylic acids is 1. The summed E-state index contributed by atoms with van der Waals surface area (Å²) in [5.41, 5.74) is 3.67. The lowest BCUT2D eigenvalue weighted by molar-refractivity contribution is -0.140. The van der Waals surface area contributed by atoms with E-state index in [1.54, 1.807) is 31.3 Å². The molecule has 0 aliphatic carbocycles. The van der Waals surface area contributed by atoms with Crippen LogP contribution in [0, 0.1) is 0 Å². The summed E-state index contributed by atoms with van der Waals surface area (Å²) in [6.45, 7) is 1.44. The van der Waals surface area contributed by atoms with Gasteiger partial charge in [-0.05, 0) is 31.2 Å². The maximum Gasteiger partial charge on any atom is 0.349 e. The van der Waals surface area contributed by atoms with Crippen molar-refractivity contribution in [2.75, 3.05) is 13.7 Å². The van der Waals surface area contributed by atoms with Gasteiger partial charge >= 0.3 is 5.97 Å². The van der Waals surface area contributed by atoms with E-state index in [1.165, 1.54) is 13.4 Å². The van der Waals surface area contributed by atoms with Crippen molar-refractivity contribution in [3.8, 4) is 5.75 Å². The molecule has 0 radical (unpaired) electrons. The second-order valence-electron chi connectivity index (χ2n) is 4.33. The molecule has 0 amide bonds. The third kappa shape index (κ3) is 4.09. The van der Waals surface area contributed by atoms with E-state index in [2.05, 4.69) is 15.3 Å². The molecule has 1 aromatic carbocycles. The first kappa shape index (κ1) is 16.1. The zero-order valence-corrected chi connectivity index (χ0v) is 12.9. The van der Waals surface area contributed by atoms with Crippen molar-refractivity contribution in [2.45, 2.75) is 6.92 Å². The Hall–Kier alpha value is -2.31. The van der Waals surface area contributed by atoms with E-state index in [0.29, 0.717) is 22.0 Å². The van der Waals surface area contributed by atoms with Gasteiger partial charge in [-0.15, -0.1) is 0 Å². The molecule has 0 saturated heterocycles. The largest absolute Gasteiger partial charge is 0.480 e. The lowest BCUT2D eigenvalue weighted by Gasteiger charge is -2.09. The molecule has 1 heterocycles. The molecule has 2 rings (SSSR count). The van der Waals surface area contributed by atoms with E-state index < -0.39 is 5.97 Å². The van der Waals surface area contributed by atoms with Crippen LogP contribution in [0.1, 0.15) is 6.92 Å². The van der Waals surface area contributed by atoms with E-state index in [0.717, 1.165) is 5.39 Å². The third-order valence-corrected chi connectivity index (χ3v) is 2.98. The van der Waals surface area contributed by atoms with Gasteiger partial charge in [0.15, 0.2) is 6.61 Å². The highest BCUT2D eigenvalue weighted by Crippen LogP contribution is 2.29. The van der Waals surface area contributed by atoms with Gasteiger partial charge in [-0.2, -0.15) is 0 Å². The highest BCUT2D eigenvalue weighted by atomic mass is 35.5. The topological polar surface area (TPSA) is 69.7 Å². The molecule has 1 N–H and O–H groups in total. The van der Waals surface area contributed by atoms with Gasteiger partial charge in [-0.1, -0.05) is 11.6 Å². The van der Waals surface area contributed by atoms with Crippen LogP contribution in [-0.2, 0) is 14.4 Å². The van der Waals surface area contributed by atoms with E-state index in [9.17, 15) is 4.79 Å². The molecular weight excluding hydrogens is 308 g/mol. The van der Waals surface area contributed by atoms with Gasteiger partial charge in [0, 0.05) is 11.6 Å². The van der Waals surface area contributed by atoms with Gasteiger partial charge < -0.3 is 9.47 Å². The van der Waals surface area contributed by atoms with Crippen molar-refractivity contribution >= 4 is 28.5 Å². The predicted molar refractivity (Wildman–Crippen MR) is 82.2 cm³/mol. The summed E-state index contributed by atoms with van der Waals surface area (Å²) in [6.07, 6.45) is 2.87. The Labute approximate surface area is 132 Å². The van der Waals surface area contributed by atoms with Crippen molar-refractivity contribution < 1.29 is 19.1 Å². The Kier molecular flexibility index (Phi) is 5.57. The van der Waals surface area contributed by atoms with Crippen molar-refractivity contribution in [3.05, 3.63) is 47.4 Å². The minimum Gasteiger partial charge on any atom is -0.480 e. The van der Waals surface area contributed by atoms with Crippen LogP contribution in [0.5, 0.6) is 5.75 Å². The number of hydrogen-bond acceptors (Lipinski definition) is 6. The molecule has 6 nitrogen and oxygen atoms in total. The summed E-state index contributed by atoms with van der Waals surface area (Å²) in [6, 6.07) is 6.97. The van der Waals surface area contributed by atoms with Gasteiger partial charge in [-0.25, -0.2) is 4.79 Å². The van der Waals surface area contributed by atoms with Gasteiger partial charge in [0.2, 0.25) is 0 Å². The summed E-state index contributed by atoms with van der Waals surface area (Å²) in [4.78, 5) is 20.5. The number of hydroxylamine groups is 1. The molecule has 0 aliphatic rings. The van der Waals surface area contributed by atoms with E-state index in [4.69, 9.17) is 21.1 Å². The van der Waals surface area contributed by atoms with Crippen LogP contribution in [0.25, 0.3) is 10.9 Å². The number of nitrogens with zero attached hydrogens (tertiary/aromatic N) is 1. The third-order valence-electron chi connectivity index (χ3n) is 2.66. The van der Waals surface area contributed by atoms with Crippen molar-refractivity contribution in [2.24, 2.45) is 0 Å². The van der Waals surface area contributed by atoms with Crippen LogP contribution in [0.2, 0.25) is 5.02 Å². The van der Waals surface area contributed by atoms with Crippen molar-refractivity contribution in [1.82, 2.24) is 10.5 Å². The van der Waals surface area contributed by atoms with Crippen LogP contribution >= 0.6 is 11.6 Å². The van der Waals surface area contributed by atoms with Crippen LogP contribution in [0.3, 0.4) is 0 Å². The Balaban J connectivity index is 2.02. The van der Waals surface area contributed by atoms with Crippen LogP contribution in [0.4, 0.5) is 0 Å². The minimum absolute atomic E-state index is 0.246. The molecule has 0 aliphatic heterocycles. The van der Waals surface area contributed by atoms with E-state index in [1.807, 2.05) is 6.07 Å². The number of benzene rings is 1. The summed E-state index contributed by atoms with van der Waals surface area (Å²) >= 11 is 6.09. The number of esters is 1. The van der Waals surface area contributed by atoms with Gasteiger partial charge in [0.05, 0.1) is 17.8 Å². The molecule has 0 spiro atoms. The summed E-state index contributed by atoms with van der Waals surface area (Å²) in [5.74, 6) is -0.0797. The smallest absolute Gasteiger partial charge is 0.349 e. The Morgan fingerprint density at radius 3 is 3.00 bits per heavy atom. The highest BCUT2D eigenvalue weighted by Gasteiger charge is 2.09. The fourth-order valence-electron chi connectivity index (χ4n) is 1.74. The Bertz CT molecular complexity index is 703. The first-order valence-corrected chi connectivity index (χ1v) is 6.81. The summed E-state index contributed by atoms with van der Waals surface area (Å²) in [7, 11) is 1.46. The molecule has 0 bridgehead atoms. The van der Waals surface area contributed by atoms with Gasteiger partial charge in [0.25, 0.3) is 0 Å². The number of carbonyl (C=O) groups is 1. The first-order chi connectivity index (χ1) is 10.6. The molecule has 22 heavy (non-hydrogen) atoms. The van der Waals surface area contributed by atoms with Crippen LogP contribution in [0.15, 0.2) is 42.4 Å². The van der Waals surface area contributed by atoms with Crippen molar-refractivity contribution in [1.29, 1.82) is 0 Å². The number of aromatic nitrogens is 1. The summed E-state index contributed by atoms with van der Waals surface area (Å²) in [5, 5.41) is 1.33. The SMILES string of the molecule is CONC(C)=COC(=O)COc1ccc(Cl)c2cccnc12. The molecule has 0 atom stereocenters. The standard InChI is InChI=1S/C15H15ClN2O4/c1-10(18-20-2)8-22-14(19)9-21-13-6-5-12(16)11-4-3-7-17-15(11)13/h3-8,18H,9H2,1-2H3. The van der Waals surface area contributed by atoms with Gasteiger partial charge in [-0.3, -0.25) is 15.3 Å². The minimum atomic E-state index is -0.545. The van der Waals surface area contributed by atoms with E-state index >= 15 is 0 Å². The molecular formula is C15H15ClN2O4. The molecule has 0 saturated carbocycles. The number of hydrogen-bond donors (Lipinski definition) is 1. The van der Waals surface area contributed by atoms with E-state index in [-0.39, 0.29) is 6.61 Å². The highest BCUT2D eigenvalue weighted by molar-refractivity contribution is 6.35. The maximum atomic E-state index is 11.6. The quantitative estimate of drug-likeness (QED) is 0.501. The summed E-state index contributed by atoms with van der Waals surface area (Å²) < 4.78 is 10.4. The first-order valence-electron chi connectivity index (χ1n) is 6.43. The number of halogens is 1. The normalized spacial score (nSPS) is 11.3. The molecule has 116 valence electrons. The molecule has 0 unspecified atom stereocenters. The molecule has 0 fully saturated rings. The number of fused-ring (bicyclic) bond motifs is 1. The van der Waals surface area contributed by atoms with Crippen molar-refractivity contribution in [3.63, 3.8) is 0 Å². The fraction of sp³-hybridized carbons (Fsp3) is 0.200. The number of allylic oxidation sites excluding steroid dienone is 1. The Morgan fingerprint density at radius 1 is 1.41 bits per heavy atom. The van der Waals surface area contributed by atoms with Crippen LogP contribution in [-0.4, -0.2) is 24.7 Å². The Morgan fingerprint density at radius 2 is 2.23 bits per heavy atom. The zero-order valence-electron chi connectivity index (χ0n) is 12.1. The lowest BCUT2D eigenvalue weighted by atomic mass is 10.2. The average molecular weight is 323 g/mol. The maximum absolute atomic E-state index is 11.6. The lowest BCUT2D eigenvalue weighted by Crippen LogP contribution is -2.14. The molecule has 2 aromatic rings. The van der Waals surface area contributed by atoms with Crippen LogP contribution < -0.4 is 10.2 Å². The number of ether oxygens (including phenoxy) is 2. The van der Waals surface area contributed by atoms with Gasteiger partial charge in [0.1, 0.15) is 17.5 Å². The monoisotopic (exact) mass is 322 g/mol.